The van der Waals surface area contributed by atoms with Gasteiger partial charge in [-0.2, -0.15) is 0 Å². The smallest absolute Gasteiger partial charge is 0.321 e. The lowest BCUT2D eigenvalue weighted by Crippen LogP contribution is -2.50. The van der Waals surface area contributed by atoms with E-state index in [1.807, 2.05) is 32.0 Å². The third-order valence-corrected chi connectivity index (χ3v) is 5.21. The van der Waals surface area contributed by atoms with Crippen molar-refractivity contribution < 1.29 is 13.2 Å². The van der Waals surface area contributed by atoms with Crippen LogP contribution in [0.1, 0.15) is 11.1 Å². The summed E-state index contributed by atoms with van der Waals surface area (Å²) in [7, 11) is -2.94. The van der Waals surface area contributed by atoms with E-state index in [0.717, 1.165) is 16.8 Å². The van der Waals surface area contributed by atoms with E-state index in [4.69, 9.17) is 0 Å². The first-order valence-electron chi connectivity index (χ1n) is 7.78. The van der Waals surface area contributed by atoms with Crippen LogP contribution in [0.15, 0.2) is 18.2 Å². The van der Waals surface area contributed by atoms with Gasteiger partial charge in [-0.1, -0.05) is 12.1 Å². The Kier molecular flexibility index (Phi) is 5.64. The fourth-order valence-electron chi connectivity index (χ4n) is 2.55. The van der Waals surface area contributed by atoms with Gasteiger partial charge in [-0.25, -0.2) is 13.2 Å². The molecule has 0 unspecified atom stereocenters. The largest absolute Gasteiger partial charge is 0.322 e. The number of carbonyl (C=O) groups is 1. The van der Waals surface area contributed by atoms with Crippen LogP contribution in [0.5, 0.6) is 0 Å². The van der Waals surface area contributed by atoms with Crippen LogP contribution in [0.2, 0.25) is 0 Å². The molecule has 1 fully saturated rings. The maximum absolute atomic E-state index is 12.4. The van der Waals surface area contributed by atoms with Crippen molar-refractivity contribution in [3.8, 4) is 0 Å². The maximum atomic E-state index is 12.4. The van der Waals surface area contributed by atoms with Crippen LogP contribution in [-0.4, -0.2) is 69.0 Å². The molecular weight excluding hydrogens is 314 g/mol. The molecule has 1 aromatic carbocycles. The number of sulfone groups is 1. The van der Waals surface area contributed by atoms with E-state index in [1.165, 1.54) is 6.26 Å². The second kappa shape index (κ2) is 7.31. The minimum absolute atomic E-state index is 0.0959. The topological polar surface area (TPSA) is 69.7 Å². The van der Waals surface area contributed by atoms with Crippen LogP contribution < -0.4 is 5.32 Å². The van der Waals surface area contributed by atoms with E-state index in [9.17, 15) is 13.2 Å². The highest BCUT2D eigenvalue weighted by molar-refractivity contribution is 7.90. The summed E-state index contributed by atoms with van der Waals surface area (Å²) >= 11 is 0. The normalized spacial score (nSPS) is 16.4. The highest BCUT2D eigenvalue weighted by Gasteiger charge is 2.22. The fraction of sp³-hybridized carbons (Fsp3) is 0.562. The molecule has 0 aromatic heterocycles. The van der Waals surface area contributed by atoms with E-state index >= 15 is 0 Å². The second-order valence-corrected chi connectivity index (χ2v) is 8.40. The van der Waals surface area contributed by atoms with Crippen LogP contribution in [0.3, 0.4) is 0 Å². The lowest BCUT2D eigenvalue weighted by Gasteiger charge is -2.34. The number of urea groups is 1. The molecular formula is C16H25N3O3S. The minimum Gasteiger partial charge on any atom is -0.322 e. The van der Waals surface area contributed by atoms with Crippen molar-refractivity contribution in [2.75, 3.05) is 50.0 Å². The monoisotopic (exact) mass is 339 g/mol. The molecule has 0 aliphatic carbocycles. The Labute approximate surface area is 138 Å². The van der Waals surface area contributed by atoms with Crippen molar-refractivity contribution in [3.63, 3.8) is 0 Å². The average molecular weight is 339 g/mol. The molecule has 1 saturated heterocycles. The molecule has 1 N–H and O–H groups in total. The van der Waals surface area contributed by atoms with Crippen molar-refractivity contribution in [1.82, 2.24) is 9.80 Å². The first-order valence-corrected chi connectivity index (χ1v) is 9.84. The van der Waals surface area contributed by atoms with Crippen molar-refractivity contribution in [3.05, 3.63) is 29.3 Å². The number of nitrogens with one attached hydrogen (secondary N) is 1. The molecule has 2 amide bonds. The first kappa shape index (κ1) is 17.7. The van der Waals surface area contributed by atoms with Crippen molar-refractivity contribution >= 4 is 21.6 Å². The Bertz CT molecular complexity index is 665. The van der Waals surface area contributed by atoms with Gasteiger partial charge in [0.15, 0.2) is 0 Å². The number of hydrogen-bond donors (Lipinski definition) is 1. The molecule has 0 spiro atoms. The van der Waals surface area contributed by atoms with E-state index < -0.39 is 9.84 Å². The van der Waals surface area contributed by atoms with Crippen molar-refractivity contribution in [1.29, 1.82) is 0 Å². The first-order chi connectivity index (χ1) is 10.8. The second-order valence-electron chi connectivity index (χ2n) is 6.14. The quantitative estimate of drug-likeness (QED) is 0.902. The Morgan fingerprint density at radius 2 is 1.83 bits per heavy atom. The molecule has 0 radical (unpaired) electrons. The lowest BCUT2D eigenvalue weighted by molar-refractivity contribution is 0.152. The van der Waals surface area contributed by atoms with Crippen LogP contribution in [0.25, 0.3) is 0 Å². The van der Waals surface area contributed by atoms with Crippen LogP contribution >= 0.6 is 0 Å². The Hall–Kier alpha value is -1.60. The molecule has 0 saturated carbocycles. The van der Waals surface area contributed by atoms with Gasteiger partial charge in [-0.05, 0) is 31.0 Å². The van der Waals surface area contributed by atoms with E-state index in [2.05, 4.69) is 10.2 Å². The van der Waals surface area contributed by atoms with E-state index in [0.29, 0.717) is 32.7 Å². The summed E-state index contributed by atoms with van der Waals surface area (Å²) in [5.41, 5.74) is 3.07. The SMILES string of the molecule is Cc1cccc(NC(=O)N2CCN(CCS(C)(=O)=O)CC2)c1C. The highest BCUT2D eigenvalue weighted by Crippen LogP contribution is 2.18. The van der Waals surface area contributed by atoms with Gasteiger partial charge >= 0.3 is 6.03 Å². The molecule has 2 rings (SSSR count). The molecule has 0 bridgehead atoms. The molecule has 6 nitrogen and oxygen atoms in total. The molecule has 7 heteroatoms. The number of benzene rings is 1. The van der Waals surface area contributed by atoms with Gasteiger partial charge in [0.2, 0.25) is 0 Å². The van der Waals surface area contributed by atoms with Crippen LogP contribution in [0.4, 0.5) is 10.5 Å². The Balaban J connectivity index is 1.85. The lowest BCUT2D eigenvalue weighted by atomic mass is 10.1. The van der Waals surface area contributed by atoms with Crippen LogP contribution in [-0.2, 0) is 9.84 Å². The Morgan fingerprint density at radius 3 is 2.43 bits per heavy atom. The molecule has 1 aromatic rings. The summed E-state index contributed by atoms with van der Waals surface area (Å²) in [6.45, 7) is 7.18. The number of carbonyl (C=O) groups excluding carboxylic acids is 1. The fourth-order valence-corrected chi connectivity index (χ4v) is 3.14. The Morgan fingerprint density at radius 1 is 1.17 bits per heavy atom. The van der Waals surface area contributed by atoms with Crippen LogP contribution in [0, 0.1) is 13.8 Å². The molecule has 1 aliphatic rings. The van der Waals surface area contributed by atoms with E-state index in [1.54, 1.807) is 4.90 Å². The number of piperazine rings is 1. The van der Waals surface area contributed by atoms with Gasteiger partial charge < -0.3 is 10.2 Å². The van der Waals surface area contributed by atoms with Gasteiger partial charge in [-0.15, -0.1) is 0 Å². The van der Waals surface area contributed by atoms with Gasteiger partial charge in [0.05, 0.1) is 5.75 Å². The predicted octanol–water partition coefficient (Wildman–Crippen LogP) is 1.50. The number of amides is 2. The highest BCUT2D eigenvalue weighted by atomic mass is 32.2. The minimum atomic E-state index is -2.94. The van der Waals surface area contributed by atoms with Crippen molar-refractivity contribution in [2.24, 2.45) is 0 Å². The number of nitrogens with zero attached hydrogens (tertiary/aromatic N) is 2. The van der Waals surface area contributed by atoms with Gasteiger partial charge in [0, 0.05) is 44.7 Å². The molecule has 1 heterocycles. The summed E-state index contributed by atoms with van der Waals surface area (Å²) in [4.78, 5) is 16.2. The molecule has 1 aliphatic heterocycles. The number of hydrogen-bond acceptors (Lipinski definition) is 4. The zero-order chi connectivity index (χ0) is 17.0. The predicted molar refractivity (Wildman–Crippen MR) is 92.7 cm³/mol. The molecule has 23 heavy (non-hydrogen) atoms. The summed E-state index contributed by atoms with van der Waals surface area (Å²) in [6, 6.07) is 5.76. The summed E-state index contributed by atoms with van der Waals surface area (Å²) in [5, 5.41) is 2.96. The summed E-state index contributed by atoms with van der Waals surface area (Å²) in [6.07, 6.45) is 1.25. The van der Waals surface area contributed by atoms with Gasteiger partial charge in [0.25, 0.3) is 0 Å². The number of rotatable bonds is 4. The number of aryl methyl sites for hydroxylation is 1. The van der Waals surface area contributed by atoms with Gasteiger partial charge in [0.1, 0.15) is 9.84 Å². The van der Waals surface area contributed by atoms with Gasteiger partial charge in [-0.3, -0.25) is 4.90 Å². The zero-order valence-electron chi connectivity index (χ0n) is 14.0. The van der Waals surface area contributed by atoms with Crippen molar-refractivity contribution in [2.45, 2.75) is 13.8 Å². The molecule has 0 atom stereocenters. The van der Waals surface area contributed by atoms with E-state index in [-0.39, 0.29) is 11.8 Å². The summed E-state index contributed by atoms with van der Waals surface area (Å²) in [5.74, 6) is 0.168. The number of anilines is 1. The maximum Gasteiger partial charge on any atom is 0.321 e. The third kappa shape index (κ3) is 5.21. The molecule has 128 valence electrons. The average Bonchev–Trinajstić information content (AvgIpc) is 2.49. The third-order valence-electron chi connectivity index (χ3n) is 4.28. The standard InChI is InChI=1S/C16H25N3O3S/c1-13-5-4-6-15(14(13)2)17-16(20)19-9-7-18(8-10-19)11-12-23(3,21)22/h4-6H,7-12H2,1-3H3,(H,17,20). The summed E-state index contributed by atoms with van der Waals surface area (Å²) < 4.78 is 22.4. The zero-order valence-corrected chi connectivity index (χ0v) is 14.8.